The maximum atomic E-state index is 13.0. The third-order valence-corrected chi connectivity index (χ3v) is 2.37. The molecule has 0 unspecified atom stereocenters. The van der Waals surface area contributed by atoms with Crippen LogP contribution < -0.4 is 0 Å². The smallest absolute Gasteiger partial charge is 0.123 e. The highest BCUT2D eigenvalue weighted by Crippen LogP contribution is 2.17. The van der Waals surface area contributed by atoms with Crippen molar-refractivity contribution in [3.05, 3.63) is 65.7 Å². The standard InChI is InChI=1S/C14H12FN/c1-11(13-5-7-16-8-6-13)9-12-3-2-4-14(15)10-12/h2-10H,1H3. The number of rotatable bonds is 2. The van der Waals surface area contributed by atoms with Crippen LogP contribution in [0.3, 0.4) is 0 Å². The van der Waals surface area contributed by atoms with Gasteiger partial charge >= 0.3 is 0 Å². The monoisotopic (exact) mass is 213 g/mol. The Hall–Kier alpha value is -1.96. The minimum atomic E-state index is -0.212. The van der Waals surface area contributed by atoms with Gasteiger partial charge in [0, 0.05) is 12.4 Å². The van der Waals surface area contributed by atoms with Crippen LogP contribution in [0.2, 0.25) is 0 Å². The van der Waals surface area contributed by atoms with E-state index in [1.54, 1.807) is 18.5 Å². The predicted octanol–water partition coefficient (Wildman–Crippen LogP) is 3.78. The van der Waals surface area contributed by atoms with E-state index in [1.165, 1.54) is 12.1 Å². The van der Waals surface area contributed by atoms with Gasteiger partial charge < -0.3 is 0 Å². The molecule has 1 nitrogen and oxygen atoms in total. The summed E-state index contributed by atoms with van der Waals surface area (Å²) in [7, 11) is 0. The summed E-state index contributed by atoms with van der Waals surface area (Å²) in [5.41, 5.74) is 3.06. The lowest BCUT2D eigenvalue weighted by molar-refractivity contribution is 0.627. The van der Waals surface area contributed by atoms with E-state index in [1.807, 2.05) is 31.2 Å². The molecule has 2 aromatic rings. The van der Waals surface area contributed by atoms with Gasteiger partial charge in [0.25, 0.3) is 0 Å². The molecule has 0 aliphatic heterocycles. The Morgan fingerprint density at radius 2 is 1.94 bits per heavy atom. The summed E-state index contributed by atoms with van der Waals surface area (Å²) < 4.78 is 13.0. The lowest BCUT2D eigenvalue weighted by Crippen LogP contribution is -1.81. The van der Waals surface area contributed by atoms with Gasteiger partial charge in [0.1, 0.15) is 5.82 Å². The maximum absolute atomic E-state index is 13.0. The van der Waals surface area contributed by atoms with Gasteiger partial charge in [0.2, 0.25) is 0 Å². The number of benzene rings is 1. The quantitative estimate of drug-likeness (QED) is 0.739. The number of halogens is 1. The summed E-state index contributed by atoms with van der Waals surface area (Å²) in [6.07, 6.45) is 5.45. The predicted molar refractivity (Wildman–Crippen MR) is 64.2 cm³/mol. The molecular weight excluding hydrogens is 201 g/mol. The van der Waals surface area contributed by atoms with Crippen LogP contribution in [0.5, 0.6) is 0 Å². The molecule has 0 radical (unpaired) electrons. The van der Waals surface area contributed by atoms with Crippen LogP contribution in [0, 0.1) is 5.82 Å². The van der Waals surface area contributed by atoms with Gasteiger partial charge in [-0.2, -0.15) is 0 Å². The van der Waals surface area contributed by atoms with Crippen LogP contribution in [-0.4, -0.2) is 4.98 Å². The van der Waals surface area contributed by atoms with Crippen molar-refractivity contribution in [1.29, 1.82) is 0 Å². The van der Waals surface area contributed by atoms with E-state index in [2.05, 4.69) is 4.98 Å². The van der Waals surface area contributed by atoms with Gasteiger partial charge in [0.05, 0.1) is 0 Å². The zero-order valence-electron chi connectivity index (χ0n) is 9.02. The molecule has 0 saturated carbocycles. The molecule has 1 aromatic carbocycles. The Bertz CT molecular complexity index is 503. The van der Waals surface area contributed by atoms with Crippen LogP contribution in [0.4, 0.5) is 4.39 Å². The number of allylic oxidation sites excluding steroid dienone is 1. The molecule has 2 heteroatoms. The highest BCUT2D eigenvalue weighted by Gasteiger charge is 1.96. The van der Waals surface area contributed by atoms with Crippen molar-refractivity contribution in [2.45, 2.75) is 6.92 Å². The number of pyridine rings is 1. The van der Waals surface area contributed by atoms with Crippen LogP contribution in [0.15, 0.2) is 48.8 Å². The van der Waals surface area contributed by atoms with Crippen molar-refractivity contribution in [3.63, 3.8) is 0 Å². The van der Waals surface area contributed by atoms with Gasteiger partial charge in [-0.3, -0.25) is 4.98 Å². The van der Waals surface area contributed by atoms with E-state index in [-0.39, 0.29) is 5.82 Å². The van der Waals surface area contributed by atoms with Crippen LogP contribution >= 0.6 is 0 Å². The molecule has 0 aliphatic carbocycles. The zero-order valence-corrected chi connectivity index (χ0v) is 9.02. The van der Waals surface area contributed by atoms with Crippen LogP contribution in [0.25, 0.3) is 11.6 Å². The minimum absolute atomic E-state index is 0.212. The Kier molecular flexibility index (Phi) is 3.10. The fourth-order valence-electron chi connectivity index (χ4n) is 1.54. The Morgan fingerprint density at radius 3 is 2.62 bits per heavy atom. The summed E-state index contributed by atoms with van der Waals surface area (Å²) in [5.74, 6) is -0.212. The molecule has 0 spiro atoms. The van der Waals surface area contributed by atoms with Gasteiger partial charge in [-0.25, -0.2) is 4.39 Å². The molecule has 0 atom stereocenters. The van der Waals surface area contributed by atoms with Crippen molar-refractivity contribution in [1.82, 2.24) is 4.98 Å². The summed E-state index contributed by atoms with van der Waals surface area (Å²) in [6.45, 7) is 2.00. The Balaban J connectivity index is 2.32. The molecule has 0 bridgehead atoms. The van der Waals surface area contributed by atoms with E-state index in [0.29, 0.717) is 0 Å². The molecule has 0 N–H and O–H groups in total. The first-order valence-corrected chi connectivity index (χ1v) is 5.10. The molecule has 1 aromatic heterocycles. The third kappa shape index (κ3) is 2.54. The lowest BCUT2D eigenvalue weighted by atomic mass is 10.1. The maximum Gasteiger partial charge on any atom is 0.123 e. The fraction of sp³-hybridized carbons (Fsp3) is 0.0714. The van der Waals surface area contributed by atoms with Crippen LogP contribution in [0.1, 0.15) is 18.1 Å². The van der Waals surface area contributed by atoms with Gasteiger partial charge in [-0.05, 0) is 47.9 Å². The SMILES string of the molecule is CC(=Cc1cccc(F)c1)c1ccncc1. The molecule has 16 heavy (non-hydrogen) atoms. The largest absolute Gasteiger partial charge is 0.265 e. The Labute approximate surface area is 94.3 Å². The van der Waals surface area contributed by atoms with Gasteiger partial charge in [-0.1, -0.05) is 18.2 Å². The second-order valence-corrected chi connectivity index (χ2v) is 3.62. The highest BCUT2D eigenvalue weighted by molar-refractivity contribution is 5.79. The van der Waals surface area contributed by atoms with Gasteiger partial charge in [-0.15, -0.1) is 0 Å². The lowest BCUT2D eigenvalue weighted by Gasteiger charge is -2.01. The van der Waals surface area contributed by atoms with E-state index in [0.717, 1.165) is 16.7 Å². The second kappa shape index (κ2) is 4.71. The molecule has 1 heterocycles. The number of hydrogen-bond donors (Lipinski definition) is 0. The first-order valence-electron chi connectivity index (χ1n) is 5.10. The number of hydrogen-bond acceptors (Lipinski definition) is 1. The topological polar surface area (TPSA) is 12.9 Å². The van der Waals surface area contributed by atoms with Crippen molar-refractivity contribution in [2.24, 2.45) is 0 Å². The minimum Gasteiger partial charge on any atom is -0.265 e. The van der Waals surface area contributed by atoms with Gasteiger partial charge in [0.15, 0.2) is 0 Å². The molecule has 0 saturated heterocycles. The highest BCUT2D eigenvalue weighted by atomic mass is 19.1. The van der Waals surface area contributed by atoms with Crippen molar-refractivity contribution < 1.29 is 4.39 Å². The zero-order chi connectivity index (χ0) is 11.4. The number of nitrogens with zero attached hydrogens (tertiary/aromatic N) is 1. The summed E-state index contributed by atoms with van der Waals surface area (Å²) in [5, 5.41) is 0. The Morgan fingerprint density at radius 1 is 1.19 bits per heavy atom. The van der Waals surface area contributed by atoms with E-state index < -0.39 is 0 Å². The number of aromatic nitrogens is 1. The molecule has 2 rings (SSSR count). The van der Waals surface area contributed by atoms with Crippen LogP contribution in [-0.2, 0) is 0 Å². The fourth-order valence-corrected chi connectivity index (χ4v) is 1.54. The summed E-state index contributed by atoms with van der Waals surface area (Å²) in [4.78, 5) is 3.96. The van der Waals surface area contributed by atoms with E-state index in [9.17, 15) is 4.39 Å². The van der Waals surface area contributed by atoms with Crippen molar-refractivity contribution in [3.8, 4) is 0 Å². The summed E-state index contributed by atoms with van der Waals surface area (Å²) in [6, 6.07) is 10.4. The molecule has 0 aliphatic rings. The molecule has 0 fully saturated rings. The van der Waals surface area contributed by atoms with Crippen molar-refractivity contribution in [2.75, 3.05) is 0 Å². The van der Waals surface area contributed by atoms with E-state index >= 15 is 0 Å². The summed E-state index contributed by atoms with van der Waals surface area (Å²) >= 11 is 0. The molecule has 80 valence electrons. The first kappa shape index (κ1) is 10.6. The van der Waals surface area contributed by atoms with E-state index in [4.69, 9.17) is 0 Å². The van der Waals surface area contributed by atoms with Crippen molar-refractivity contribution >= 4 is 11.6 Å². The average Bonchev–Trinajstić information content (AvgIpc) is 2.30. The average molecular weight is 213 g/mol. The molecular formula is C14H12FN. The second-order valence-electron chi connectivity index (χ2n) is 3.62. The normalized spacial score (nSPS) is 11.5. The third-order valence-electron chi connectivity index (χ3n) is 2.37. The molecule has 0 amide bonds. The first-order chi connectivity index (χ1) is 7.75.